The number of aliphatic hydroxyl groups excluding tert-OH is 1. The lowest BCUT2D eigenvalue weighted by Gasteiger charge is -2.34. The van der Waals surface area contributed by atoms with Gasteiger partial charge in [-0.25, -0.2) is 4.79 Å². The largest absolute Gasteiger partial charge is 0.481 e. The topological polar surface area (TPSA) is 84.3 Å². The Morgan fingerprint density at radius 1 is 1.13 bits per heavy atom. The number of hydrogen-bond acceptors (Lipinski definition) is 4. The number of β-amino-alcohol motifs (C(OH)–C–C–N with tert-alkyl or cyclic N) is 1. The number of anilines is 1. The molecule has 0 radical (unpaired) electrons. The van der Waals surface area contributed by atoms with Crippen molar-refractivity contribution in [2.45, 2.75) is 57.1 Å². The maximum Gasteiger partial charge on any atom is 0.324 e. The highest BCUT2D eigenvalue weighted by atomic mass is 16.4. The Bertz CT molecular complexity index is 791. The average molecular weight is 416 g/mol. The first kappa shape index (κ1) is 21.1. The maximum absolute atomic E-state index is 13.2. The second kappa shape index (κ2) is 8.94. The molecule has 4 rings (SSSR count). The molecule has 2 heterocycles. The summed E-state index contributed by atoms with van der Waals surface area (Å²) < 4.78 is 0. The highest BCUT2D eigenvalue weighted by Gasteiger charge is 2.36. The summed E-state index contributed by atoms with van der Waals surface area (Å²) in [6.45, 7) is 2.94. The van der Waals surface area contributed by atoms with E-state index in [9.17, 15) is 14.7 Å². The zero-order valence-electron chi connectivity index (χ0n) is 17.8. The van der Waals surface area contributed by atoms with Crippen LogP contribution in [-0.2, 0) is 11.2 Å². The van der Waals surface area contributed by atoms with Crippen LogP contribution in [0.3, 0.4) is 0 Å². The molecule has 1 saturated carbocycles. The van der Waals surface area contributed by atoms with Crippen LogP contribution in [0.2, 0.25) is 0 Å². The molecular formula is C23H33N3O4. The summed E-state index contributed by atoms with van der Waals surface area (Å²) in [7, 11) is 2.02. The number of rotatable bonds is 5. The van der Waals surface area contributed by atoms with E-state index in [0.717, 1.165) is 62.9 Å². The van der Waals surface area contributed by atoms with E-state index in [4.69, 9.17) is 5.11 Å². The number of carboxylic acid groups (broad SMARTS) is 1. The standard InChI is InChI=1S/C23H33N3O4/c1-24-11-10-17-5-8-19(14-20(17)21(27)15-24)26-13-12-25(23(26)30)18-6-2-16(3-7-18)4-9-22(28)29/h5,8,14,16,18,21,27H,2-4,6-7,9-13,15H2,1H3,(H,28,29). The number of carbonyl (C=O) groups excluding carboxylic acids is 1. The molecule has 0 aromatic heterocycles. The second-order valence-electron chi connectivity index (χ2n) is 9.15. The Morgan fingerprint density at radius 3 is 2.63 bits per heavy atom. The van der Waals surface area contributed by atoms with E-state index in [1.807, 2.05) is 29.0 Å². The Labute approximate surface area is 178 Å². The van der Waals surface area contributed by atoms with Crippen molar-refractivity contribution in [3.63, 3.8) is 0 Å². The van der Waals surface area contributed by atoms with Gasteiger partial charge in [-0.15, -0.1) is 0 Å². The molecule has 7 nitrogen and oxygen atoms in total. The average Bonchev–Trinajstić information content (AvgIpc) is 3.05. The van der Waals surface area contributed by atoms with Gasteiger partial charge in [-0.05, 0) is 74.8 Å². The molecule has 1 unspecified atom stereocenters. The normalized spacial score (nSPS) is 27.8. The third kappa shape index (κ3) is 4.47. The number of carboxylic acids is 1. The first-order chi connectivity index (χ1) is 14.4. The summed E-state index contributed by atoms with van der Waals surface area (Å²) in [5, 5.41) is 19.5. The molecule has 0 bridgehead atoms. The number of aliphatic hydroxyl groups is 1. The van der Waals surface area contributed by atoms with E-state index in [1.54, 1.807) is 0 Å². The zero-order valence-corrected chi connectivity index (χ0v) is 17.8. The molecule has 1 saturated heterocycles. The maximum atomic E-state index is 13.2. The van der Waals surface area contributed by atoms with E-state index >= 15 is 0 Å². The van der Waals surface area contributed by atoms with Crippen molar-refractivity contribution in [1.82, 2.24) is 9.80 Å². The molecule has 2 fully saturated rings. The van der Waals surface area contributed by atoms with Crippen LogP contribution in [0.5, 0.6) is 0 Å². The number of fused-ring (bicyclic) bond motifs is 1. The van der Waals surface area contributed by atoms with Crippen LogP contribution in [0.15, 0.2) is 18.2 Å². The van der Waals surface area contributed by atoms with E-state index in [-0.39, 0.29) is 18.5 Å². The Hall–Kier alpha value is -2.12. The first-order valence-electron chi connectivity index (χ1n) is 11.2. The Morgan fingerprint density at radius 2 is 1.90 bits per heavy atom. The van der Waals surface area contributed by atoms with Gasteiger partial charge in [0.1, 0.15) is 0 Å². The van der Waals surface area contributed by atoms with Crippen LogP contribution in [0.4, 0.5) is 10.5 Å². The van der Waals surface area contributed by atoms with Crippen molar-refractivity contribution in [2.24, 2.45) is 5.92 Å². The van der Waals surface area contributed by atoms with Gasteiger partial charge < -0.3 is 20.0 Å². The first-order valence-corrected chi connectivity index (χ1v) is 11.2. The highest BCUT2D eigenvalue weighted by Crippen LogP contribution is 2.34. The Kier molecular flexibility index (Phi) is 6.29. The van der Waals surface area contributed by atoms with Gasteiger partial charge in [0.15, 0.2) is 0 Å². The van der Waals surface area contributed by atoms with Gasteiger partial charge in [0.2, 0.25) is 0 Å². The third-order valence-electron chi connectivity index (χ3n) is 7.11. The molecule has 2 N–H and O–H groups in total. The number of aliphatic carboxylic acids is 1. The molecule has 3 aliphatic rings. The van der Waals surface area contributed by atoms with Crippen molar-refractivity contribution < 1.29 is 19.8 Å². The van der Waals surface area contributed by atoms with Crippen molar-refractivity contribution in [2.75, 3.05) is 38.1 Å². The quantitative estimate of drug-likeness (QED) is 0.773. The van der Waals surface area contributed by atoms with Gasteiger partial charge in [0.25, 0.3) is 0 Å². The molecule has 1 atom stereocenters. The Balaban J connectivity index is 1.40. The molecule has 1 aliphatic carbocycles. The van der Waals surface area contributed by atoms with Crippen LogP contribution in [-0.4, -0.2) is 71.3 Å². The summed E-state index contributed by atoms with van der Waals surface area (Å²) >= 11 is 0. The van der Waals surface area contributed by atoms with Crippen molar-refractivity contribution in [1.29, 1.82) is 0 Å². The summed E-state index contributed by atoms with van der Waals surface area (Å²) in [6, 6.07) is 6.40. The van der Waals surface area contributed by atoms with Gasteiger partial charge in [0, 0.05) is 44.3 Å². The number of amides is 2. The molecule has 2 aliphatic heterocycles. The molecule has 1 aromatic rings. The molecule has 164 valence electrons. The molecule has 0 spiro atoms. The van der Waals surface area contributed by atoms with Gasteiger partial charge in [-0.1, -0.05) is 6.07 Å². The van der Waals surface area contributed by atoms with E-state index in [0.29, 0.717) is 19.0 Å². The number of urea groups is 1. The van der Waals surface area contributed by atoms with E-state index in [2.05, 4.69) is 11.0 Å². The van der Waals surface area contributed by atoms with Crippen LogP contribution < -0.4 is 4.90 Å². The molecular weight excluding hydrogens is 382 g/mol. The fourth-order valence-corrected chi connectivity index (χ4v) is 5.29. The third-order valence-corrected chi connectivity index (χ3v) is 7.11. The lowest BCUT2D eigenvalue weighted by atomic mass is 9.83. The molecule has 30 heavy (non-hydrogen) atoms. The van der Waals surface area contributed by atoms with Crippen molar-refractivity contribution in [3.8, 4) is 0 Å². The van der Waals surface area contributed by atoms with Gasteiger partial charge in [-0.2, -0.15) is 0 Å². The number of likely N-dealkylation sites (N-methyl/N-ethyl adjacent to an activating group) is 1. The fraction of sp³-hybridized carbons (Fsp3) is 0.652. The van der Waals surface area contributed by atoms with E-state index < -0.39 is 12.1 Å². The number of nitrogens with zero attached hydrogens (tertiary/aromatic N) is 3. The summed E-state index contributed by atoms with van der Waals surface area (Å²) in [6.07, 6.45) is 5.29. The van der Waals surface area contributed by atoms with E-state index in [1.165, 1.54) is 5.56 Å². The number of hydrogen-bond donors (Lipinski definition) is 2. The minimum Gasteiger partial charge on any atom is -0.481 e. The smallest absolute Gasteiger partial charge is 0.324 e. The lowest BCUT2D eigenvalue weighted by molar-refractivity contribution is -0.137. The predicted molar refractivity (Wildman–Crippen MR) is 115 cm³/mol. The van der Waals surface area contributed by atoms with Gasteiger partial charge >= 0.3 is 12.0 Å². The molecule has 2 amide bonds. The number of carbonyl (C=O) groups is 2. The predicted octanol–water partition coefficient (Wildman–Crippen LogP) is 2.87. The van der Waals surface area contributed by atoms with Crippen LogP contribution in [0.25, 0.3) is 0 Å². The molecule has 7 heteroatoms. The summed E-state index contributed by atoms with van der Waals surface area (Å²) in [5.74, 6) is -0.254. The van der Waals surface area contributed by atoms with Gasteiger partial charge in [-0.3, -0.25) is 9.69 Å². The fourth-order valence-electron chi connectivity index (χ4n) is 5.29. The minimum atomic E-state index is -0.722. The van der Waals surface area contributed by atoms with Crippen molar-refractivity contribution >= 4 is 17.7 Å². The number of benzene rings is 1. The summed E-state index contributed by atoms with van der Waals surface area (Å²) in [4.78, 5) is 30.0. The summed E-state index contributed by atoms with van der Waals surface area (Å²) in [5.41, 5.74) is 2.99. The highest BCUT2D eigenvalue weighted by molar-refractivity contribution is 5.94. The van der Waals surface area contributed by atoms with Gasteiger partial charge in [0.05, 0.1) is 6.10 Å². The van der Waals surface area contributed by atoms with Crippen LogP contribution in [0.1, 0.15) is 55.8 Å². The second-order valence-corrected chi connectivity index (χ2v) is 9.15. The van der Waals surface area contributed by atoms with Crippen LogP contribution in [0, 0.1) is 5.92 Å². The monoisotopic (exact) mass is 415 g/mol. The van der Waals surface area contributed by atoms with Crippen LogP contribution >= 0.6 is 0 Å². The minimum absolute atomic E-state index is 0.0594. The SMILES string of the molecule is CN1CCc2ccc(N3CCN(C4CCC(CCC(=O)O)CC4)C3=O)cc2C(O)C1. The molecule has 1 aromatic carbocycles. The zero-order chi connectivity index (χ0) is 21.3. The lowest BCUT2D eigenvalue weighted by Crippen LogP contribution is -2.41. The van der Waals surface area contributed by atoms with Crippen molar-refractivity contribution in [3.05, 3.63) is 29.3 Å².